The molecule has 0 unspecified atom stereocenters. The Hall–Kier alpha value is -0.755. The van der Waals surface area contributed by atoms with Crippen molar-refractivity contribution in [2.75, 3.05) is 13.7 Å². The lowest BCUT2D eigenvalue weighted by molar-refractivity contribution is 0.202. The van der Waals surface area contributed by atoms with Gasteiger partial charge in [-0.2, -0.15) is 0 Å². The summed E-state index contributed by atoms with van der Waals surface area (Å²) in [5.74, 6) is 0. The average molecular weight is 146 g/mol. The Morgan fingerprint density at radius 2 is 1.91 bits per heavy atom. The van der Waals surface area contributed by atoms with E-state index in [0.29, 0.717) is 0 Å². The van der Waals surface area contributed by atoms with Crippen molar-refractivity contribution < 1.29 is 4.74 Å². The van der Waals surface area contributed by atoms with Crippen molar-refractivity contribution >= 4 is 13.3 Å². The van der Waals surface area contributed by atoms with Gasteiger partial charge in [0.15, 0.2) is 0 Å². The van der Waals surface area contributed by atoms with Crippen LogP contribution >= 0.6 is 0 Å². The summed E-state index contributed by atoms with van der Waals surface area (Å²) in [4.78, 5) is 0. The molecule has 0 fully saturated rings. The van der Waals surface area contributed by atoms with Crippen molar-refractivity contribution in [1.29, 1.82) is 0 Å². The number of benzene rings is 1. The van der Waals surface area contributed by atoms with Crippen LogP contribution in [0, 0.1) is 0 Å². The molecule has 1 aromatic carbocycles. The summed E-state index contributed by atoms with van der Waals surface area (Å²) in [6, 6.07) is 7.86. The molecule has 1 aromatic rings. The standard InChI is InChI=1S/C9H11BO/c1-11-7-6-8-2-4-9(10)5-3-8/h2-5H,6-7H2,1H3. The van der Waals surface area contributed by atoms with Crippen LogP contribution in [0.25, 0.3) is 0 Å². The van der Waals surface area contributed by atoms with E-state index in [0.717, 1.165) is 18.5 Å². The van der Waals surface area contributed by atoms with Crippen LogP contribution in [0.4, 0.5) is 0 Å². The van der Waals surface area contributed by atoms with E-state index in [-0.39, 0.29) is 0 Å². The highest BCUT2D eigenvalue weighted by atomic mass is 16.5. The first-order valence-electron chi connectivity index (χ1n) is 3.66. The van der Waals surface area contributed by atoms with E-state index in [1.807, 2.05) is 24.3 Å². The van der Waals surface area contributed by atoms with Gasteiger partial charge in [0.2, 0.25) is 0 Å². The number of ether oxygens (including phenoxy) is 1. The van der Waals surface area contributed by atoms with Crippen LogP contribution in [0.5, 0.6) is 0 Å². The quantitative estimate of drug-likeness (QED) is 0.569. The average Bonchev–Trinajstić information content (AvgIpc) is 2.04. The molecule has 0 spiro atoms. The smallest absolute Gasteiger partial charge is 0.113 e. The Kier molecular flexibility index (Phi) is 3.18. The molecule has 0 bridgehead atoms. The second kappa shape index (κ2) is 4.19. The zero-order chi connectivity index (χ0) is 8.10. The molecule has 0 aliphatic heterocycles. The minimum absolute atomic E-state index is 0.768. The van der Waals surface area contributed by atoms with Gasteiger partial charge in [-0.1, -0.05) is 29.7 Å². The number of methoxy groups -OCH3 is 1. The van der Waals surface area contributed by atoms with Crippen LogP contribution in [0.15, 0.2) is 24.3 Å². The predicted octanol–water partition coefficient (Wildman–Crippen LogP) is 0.669. The lowest BCUT2D eigenvalue weighted by atomic mass is 9.95. The van der Waals surface area contributed by atoms with Gasteiger partial charge in [0.05, 0.1) is 6.61 Å². The molecule has 0 aromatic heterocycles. The van der Waals surface area contributed by atoms with Gasteiger partial charge in [0.1, 0.15) is 7.85 Å². The predicted molar refractivity (Wildman–Crippen MR) is 47.4 cm³/mol. The maximum Gasteiger partial charge on any atom is 0.113 e. The molecule has 0 N–H and O–H groups in total. The minimum Gasteiger partial charge on any atom is -0.384 e. The third-order valence-electron chi connectivity index (χ3n) is 1.57. The Morgan fingerprint density at radius 1 is 1.27 bits per heavy atom. The molecule has 0 saturated carbocycles. The maximum absolute atomic E-state index is 5.52. The van der Waals surface area contributed by atoms with Gasteiger partial charge >= 0.3 is 0 Å². The minimum atomic E-state index is 0.768. The van der Waals surface area contributed by atoms with Crippen molar-refractivity contribution in [3.63, 3.8) is 0 Å². The Balaban J connectivity index is 2.52. The van der Waals surface area contributed by atoms with Crippen LogP contribution < -0.4 is 5.46 Å². The SMILES string of the molecule is [B]c1ccc(CCOC)cc1. The molecular weight excluding hydrogens is 135 g/mol. The van der Waals surface area contributed by atoms with Crippen molar-refractivity contribution in [2.24, 2.45) is 0 Å². The molecule has 0 heterocycles. The molecule has 56 valence electrons. The Morgan fingerprint density at radius 3 is 2.45 bits per heavy atom. The van der Waals surface area contributed by atoms with Gasteiger partial charge in [-0.3, -0.25) is 0 Å². The summed E-state index contributed by atoms with van der Waals surface area (Å²) in [5.41, 5.74) is 2.08. The van der Waals surface area contributed by atoms with Gasteiger partial charge in [0, 0.05) is 7.11 Å². The fourth-order valence-electron chi connectivity index (χ4n) is 0.904. The van der Waals surface area contributed by atoms with Crippen LogP contribution in [-0.4, -0.2) is 21.6 Å². The molecule has 1 rings (SSSR count). The fraction of sp³-hybridized carbons (Fsp3) is 0.333. The van der Waals surface area contributed by atoms with Gasteiger partial charge in [-0.25, -0.2) is 0 Å². The van der Waals surface area contributed by atoms with E-state index in [2.05, 4.69) is 0 Å². The third-order valence-corrected chi connectivity index (χ3v) is 1.57. The first kappa shape index (κ1) is 8.34. The van der Waals surface area contributed by atoms with Gasteiger partial charge in [0.25, 0.3) is 0 Å². The first-order valence-corrected chi connectivity index (χ1v) is 3.66. The molecule has 0 aliphatic carbocycles. The lowest BCUT2D eigenvalue weighted by Gasteiger charge is -1.99. The Labute approximate surface area is 68.8 Å². The third kappa shape index (κ3) is 2.77. The molecular formula is C9H11BO. The molecule has 0 saturated heterocycles. The normalized spacial score (nSPS) is 9.91. The van der Waals surface area contributed by atoms with Crippen LogP contribution in [-0.2, 0) is 11.2 Å². The van der Waals surface area contributed by atoms with E-state index >= 15 is 0 Å². The topological polar surface area (TPSA) is 9.23 Å². The number of hydrogen-bond donors (Lipinski definition) is 0. The summed E-state index contributed by atoms with van der Waals surface area (Å²) in [7, 11) is 7.23. The van der Waals surface area contributed by atoms with E-state index in [1.165, 1.54) is 5.56 Å². The fourth-order valence-corrected chi connectivity index (χ4v) is 0.904. The van der Waals surface area contributed by atoms with E-state index < -0.39 is 0 Å². The Bertz CT molecular complexity index is 205. The summed E-state index contributed by atoms with van der Waals surface area (Å²) in [6.07, 6.45) is 0.955. The molecule has 2 radical (unpaired) electrons. The van der Waals surface area contributed by atoms with Crippen molar-refractivity contribution in [3.8, 4) is 0 Å². The molecule has 0 aliphatic rings. The van der Waals surface area contributed by atoms with E-state index in [4.69, 9.17) is 12.6 Å². The lowest BCUT2D eigenvalue weighted by Crippen LogP contribution is -2.02. The highest BCUT2D eigenvalue weighted by Crippen LogP contribution is 1.97. The van der Waals surface area contributed by atoms with Gasteiger partial charge in [-0.15, -0.1) is 0 Å². The van der Waals surface area contributed by atoms with Gasteiger partial charge in [-0.05, 0) is 12.0 Å². The monoisotopic (exact) mass is 146 g/mol. The molecule has 0 atom stereocenters. The van der Waals surface area contributed by atoms with E-state index in [9.17, 15) is 0 Å². The van der Waals surface area contributed by atoms with Crippen LogP contribution in [0.2, 0.25) is 0 Å². The largest absolute Gasteiger partial charge is 0.384 e. The van der Waals surface area contributed by atoms with Crippen LogP contribution in [0.3, 0.4) is 0 Å². The summed E-state index contributed by atoms with van der Waals surface area (Å²) >= 11 is 0. The highest BCUT2D eigenvalue weighted by molar-refractivity contribution is 6.32. The molecule has 0 amide bonds. The second-order valence-corrected chi connectivity index (χ2v) is 2.48. The summed E-state index contributed by atoms with van der Waals surface area (Å²) < 4.78 is 4.94. The zero-order valence-corrected chi connectivity index (χ0v) is 6.71. The second-order valence-electron chi connectivity index (χ2n) is 2.48. The van der Waals surface area contributed by atoms with E-state index in [1.54, 1.807) is 7.11 Å². The van der Waals surface area contributed by atoms with Crippen molar-refractivity contribution in [3.05, 3.63) is 29.8 Å². The van der Waals surface area contributed by atoms with Crippen molar-refractivity contribution in [2.45, 2.75) is 6.42 Å². The zero-order valence-electron chi connectivity index (χ0n) is 6.71. The highest BCUT2D eigenvalue weighted by Gasteiger charge is 1.90. The molecule has 2 heteroatoms. The summed E-state index contributed by atoms with van der Waals surface area (Å²) in [5, 5.41) is 0. The van der Waals surface area contributed by atoms with Crippen LogP contribution in [0.1, 0.15) is 5.56 Å². The first-order chi connectivity index (χ1) is 5.33. The maximum atomic E-state index is 5.52. The number of hydrogen-bond acceptors (Lipinski definition) is 1. The van der Waals surface area contributed by atoms with Gasteiger partial charge < -0.3 is 4.74 Å². The molecule has 11 heavy (non-hydrogen) atoms. The number of rotatable bonds is 3. The van der Waals surface area contributed by atoms with Crippen molar-refractivity contribution in [1.82, 2.24) is 0 Å². The summed E-state index contributed by atoms with van der Waals surface area (Å²) in [6.45, 7) is 0.768. The molecule has 1 nitrogen and oxygen atoms in total.